The number of hydrogen-bond donors (Lipinski definition) is 2. The average Bonchev–Trinajstić information content (AvgIpc) is 3.52. The fourth-order valence-electron chi connectivity index (χ4n) is 3.05. The monoisotopic (exact) mass is 397 g/mol. The fourth-order valence-corrected chi connectivity index (χ4v) is 3.05. The van der Waals surface area contributed by atoms with Crippen molar-refractivity contribution in [3.8, 4) is 11.5 Å². The molecule has 1 saturated carbocycles. The predicted octanol–water partition coefficient (Wildman–Crippen LogP) is 2.67. The summed E-state index contributed by atoms with van der Waals surface area (Å²) in [4.78, 5) is 26.8. The van der Waals surface area contributed by atoms with Crippen molar-refractivity contribution >= 4 is 17.5 Å². The predicted molar refractivity (Wildman–Crippen MR) is 111 cm³/mol. The molecule has 29 heavy (non-hydrogen) atoms. The smallest absolute Gasteiger partial charge is 0.253 e. The van der Waals surface area contributed by atoms with E-state index in [9.17, 15) is 9.59 Å². The quantitative estimate of drug-likeness (QED) is 0.680. The number of hydrogen-bond acceptors (Lipinski definition) is 5. The van der Waals surface area contributed by atoms with Crippen LogP contribution in [0, 0.1) is 0 Å². The van der Waals surface area contributed by atoms with Gasteiger partial charge in [-0.2, -0.15) is 0 Å². The SMILES string of the molecule is COc1ccc(CN(C)CC(=O)Nc2ccccc2C(=O)NC2CC2)c(OC)c1. The number of ether oxygens (including phenoxy) is 2. The van der Waals surface area contributed by atoms with Crippen molar-refractivity contribution in [1.29, 1.82) is 0 Å². The molecule has 1 fully saturated rings. The molecule has 0 bridgehead atoms. The highest BCUT2D eigenvalue weighted by Gasteiger charge is 2.25. The van der Waals surface area contributed by atoms with E-state index in [2.05, 4.69) is 10.6 Å². The number of carbonyl (C=O) groups excluding carboxylic acids is 2. The number of carbonyl (C=O) groups is 2. The van der Waals surface area contributed by atoms with Crippen molar-refractivity contribution in [3.05, 3.63) is 53.6 Å². The molecule has 154 valence electrons. The maximum absolute atomic E-state index is 12.5. The maximum Gasteiger partial charge on any atom is 0.253 e. The van der Waals surface area contributed by atoms with E-state index < -0.39 is 0 Å². The molecule has 2 N–H and O–H groups in total. The van der Waals surface area contributed by atoms with Gasteiger partial charge in [0.25, 0.3) is 5.91 Å². The Balaban J connectivity index is 1.60. The molecule has 2 aromatic carbocycles. The molecule has 7 nitrogen and oxygen atoms in total. The number of nitrogens with one attached hydrogen (secondary N) is 2. The van der Waals surface area contributed by atoms with Crippen molar-refractivity contribution in [3.63, 3.8) is 0 Å². The zero-order valence-corrected chi connectivity index (χ0v) is 17.0. The Labute approximate surface area is 171 Å². The minimum Gasteiger partial charge on any atom is -0.497 e. The highest BCUT2D eigenvalue weighted by molar-refractivity contribution is 6.04. The molecule has 0 spiro atoms. The summed E-state index contributed by atoms with van der Waals surface area (Å²) in [7, 11) is 5.07. The largest absolute Gasteiger partial charge is 0.497 e. The van der Waals surface area contributed by atoms with Gasteiger partial charge in [-0.05, 0) is 38.1 Å². The summed E-state index contributed by atoms with van der Waals surface area (Å²) < 4.78 is 10.6. The number of amides is 2. The molecule has 1 aliphatic carbocycles. The molecule has 7 heteroatoms. The Bertz CT molecular complexity index is 880. The van der Waals surface area contributed by atoms with Crippen LogP contribution in [0.15, 0.2) is 42.5 Å². The summed E-state index contributed by atoms with van der Waals surface area (Å²) >= 11 is 0. The molecule has 3 rings (SSSR count). The van der Waals surface area contributed by atoms with Crippen molar-refractivity contribution in [2.75, 3.05) is 33.1 Å². The second-order valence-electron chi connectivity index (χ2n) is 7.19. The zero-order chi connectivity index (χ0) is 20.8. The van der Waals surface area contributed by atoms with Gasteiger partial charge in [-0.25, -0.2) is 0 Å². The Kier molecular flexibility index (Phi) is 6.72. The van der Waals surface area contributed by atoms with E-state index in [1.165, 1.54) is 0 Å². The number of rotatable bonds is 9. The van der Waals surface area contributed by atoms with Crippen LogP contribution in [0.4, 0.5) is 5.69 Å². The Hall–Kier alpha value is -3.06. The lowest BCUT2D eigenvalue weighted by Crippen LogP contribution is -2.31. The lowest BCUT2D eigenvalue weighted by Gasteiger charge is -2.19. The van der Waals surface area contributed by atoms with Gasteiger partial charge in [0.1, 0.15) is 11.5 Å². The maximum atomic E-state index is 12.5. The topological polar surface area (TPSA) is 79.9 Å². The molecule has 0 unspecified atom stereocenters. The number of anilines is 1. The Morgan fingerprint density at radius 2 is 1.86 bits per heavy atom. The standard InChI is InChI=1S/C22H27N3O4/c1-25(13-15-8-11-17(28-2)12-20(15)29-3)14-21(26)24-19-7-5-4-6-18(19)22(27)23-16-9-10-16/h4-8,11-12,16H,9-10,13-14H2,1-3H3,(H,23,27)(H,24,26). The number of para-hydroxylation sites is 1. The van der Waals surface area contributed by atoms with Crippen LogP contribution in [0.1, 0.15) is 28.8 Å². The van der Waals surface area contributed by atoms with E-state index in [4.69, 9.17) is 9.47 Å². The van der Waals surface area contributed by atoms with Crippen LogP contribution in [0.5, 0.6) is 11.5 Å². The van der Waals surface area contributed by atoms with E-state index in [0.29, 0.717) is 29.3 Å². The van der Waals surface area contributed by atoms with Crippen LogP contribution in [0.3, 0.4) is 0 Å². The average molecular weight is 397 g/mol. The van der Waals surface area contributed by atoms with Gasteiger partial charge in [0.15, 0.2) is 0 Å². The number of methoxy groups -OCH3 is 2. The van der Waals surface area contributed by atoms with Crippen molar-refractivity contribution < 1.29 is 19.1 Å². The summed E-state index contributed by atoms with van der Waals surface area (Å²) in [6, 6.07) is 12.9. The van der Waals surface area contributed by atoms with Gasteiger partial charge < -0.3 is 20.1 Å². The molecule has 0 saturated heterocycles. The van der Waals surface area contributed by atoms with Crippen LogP contribution >= 0.6 is 0 Å². The normalized spacial score (nSPS) is 13.1. The number of likely N-dealkylation sites (N-methyl/N-ethyl adjacent to an activating group) is 1. The fraction of sp³-hybridized carbons (Fsp3) is 0.364. The molecule has 0 aromatic heterocycles. The molecule has 2 amide bonds. The Morgan fingerprint density at radius 3 is 2.55 bits per heavy atom. The van der Waals surface area contributed by atoms with Gasteiger partial charge in [-0.3, -0.25) is 14.5 Å². The first-order valence-electron chi connectivity index (χ1n) is 9.59. The van der Waals surface area contributed by atoms with Crippen molar-refractivity contribution in [1.82, 2.24) is 10.2 Å². The molecule has 1 aliphatic rings. The van der Waals surface area contributed by atoms with Crippen LogP contribution in [-0.2, 0) is 11.3 Å². The summed E-state index contributed by atoms with van der Waals surface area (Å²) in [6.45, 7) is 0.707. The minimum absolute atomic E-state index is 0.153. The third-order valence-electron chi connectivity index (χ3n) is 4.71. The van der Waals surface area contributed by atoms with Gasteiger partial charge in [0.2, 0.25) is 5.91 Å². The van der Waals surface area contributed by atoms with Gasteiger partial charge in [-0.1, -0.05) is 18.2 Å². The highest BCUT2D eigenvalue weighted by Crippen LogP contribution is 2.25. The lowest BCUT2D eigenvalue weighted by molar-refractivity contribution is -0.117. The van der Waals surface area contributed by atoms with Crippen LogP contribution in [0.25, 0.3) is 0 Å². The molecule has 2 aromatic rings. The molecular weight excluding hydrogens is 370 g/mol. The summed E-state index contributed by atoms with van der Waals surface area (Å²) in [5, 5.41) is 5.81. The van der Waals surface area contributed by atoms with Crippen LogP contribution < -0.4 is 20.1 Å². The van der Waals surface area contributed by atoms with E-state index >= 15 is 0 Å². The molecule has 0 radical (unpaired) electrons. The Morgan fingerprint density at radius 1 is 1.10 bits per heavy atom. The van der Waals surface area contributed by atoms with E-state index in [1.54, 1.807) is 38.5 Å². The minimum atomic E-state index is -0.188. The first kappa shape index (κ1) is 20.7. The first-order chi connectivity index (χ1) is 14.0. The van der Waals surface area contributed by atoms with Gasteiger partial charge in [0.05, 0.1) is 32.0 Å². The number of benzene rings is 2. The summed E-state index contributed by atoms with van der Waals surface area (Å²) in [6.07, 6.45) is 2.03. The van der Waals surface area contributed by atoms with Crippen LogP contribution in [0.2, 0.25) is 0 Å². The second-order valence-corrected chi connectivity index (χ2v) is 7.19. The van der Waals surface area contributed by atoms with Gasteiger partial charge >= 0.3 is 0 Å². The van der Waals surface area contributed by atoms with Crippen molar-refractivity contribution in [2.24, 2.45) is 0 Å². The molecular formula is C22H27N3O4. The molecule has 0 heterocycles. The summed E-state index contributed by atoms with van der Waals surface area (Å²) in [5.41, 5.74) is 1.95. The second kappa shape index (κ2) is 9.43. The first-order valence-corrected chi connectivity index (χ1v) is 9.59. The van der Waals surface area contributed by atoms with Gasteiger partial charge in [-0.15, -0.1) is 0 Å². The summed E-state index contributed by atoms with van der Waals surface area (Å²) in [5.74, 6) is 1.08. The molecule has 0 aliphatic heterocycles. The van der Waals surface area contributed by atoms with E-state index in [1.807, 2.05) is 30.1 Å². The lowest BCUT2D eigenvalue weighted by atomic mass is 10.1. The van der Waals surface area contributed by atoms with E-state index in [-0.39, 0.29) is 24.4 Å². The van der Waals surface area contributed by atoms with Gasteiger partial charge in [0, 0.05) is 24.2 Å². The third-order valence-corrected chi connectivity index (χ3v) is 4.71. The van der Waals surface area contributed by atoms with Crippen molar-refractivity contribution in [2.45, 2.75) is 25.4 Å². The highest BCUT2D eigenvalue weighted by atomic mass is 16.5. The zero-order valence-electron chi connectivity index (χ0n) is 17.0. The third kappa shape index (κ3) is 5.71. The van der Waals surface area contributed by atoms with Crippen LogP contribution in [-0.4, -0.2) is 50.6 Å². The van der Waals surface area contributed by atoms with E-state index in [0.717, 1.165) is 18.4 Å². The number of nitrogens with zero attached hydrogens (tertiary/aromatic N) is 1. The molecule has 0 atom stereocenters.